The molecule has 0 aliphatic rings. The minimum Gasteiger partial charge on any atom is -0.326 e. The van der Waals surface area contributed by atoms with Crippen LogP contribution in [0.15, 0.2) is 24.3 Å². The summed E-state index contributed by atoms with van der Waals surface area (Å²) in [4.78, 5) is 1.41. The molecule has 0 saturated heterocycles. The molecule has 0 fully saturated rings. The molecule has 1 aromatic carbocycles. The summed E-state index contributed by atoms with van der Waals surface area (Å²) in [5.74, 6) is 0. The van der Waals surface area contributed by atoms with Crippen molar-refractivity contribution in [2.24, 2.45) is 5.73 Å². The minimum absolute atomic E-state index is 0.242. The zero-order valence-electron chi connectivity index (χ0n) is 12.4. The second kappa shape index (κ2) is 6.59. The standard InChI is InChI=1S/C15H23F3N2/c1-10(2)20(9-15(16,17)18)14(12(4)19)13-7-5-11(3)6-8-13/h5-8,10,12,14H,9,19H2,1-4H3. The highest BCUT2D eigenvalue weighted by atomic mass is 19.4. The SMILES string of the molecule is Cc1ccc(C(C(C)N)N(CC(F)(F)F)C(C)C)cc1. The molecule has 2 atom stereocenters. The third kappa shape index (κ3) is 4.80. The lowest BCUT2D eigenvalue weighted by atomic mass is 9.97. The molecule has 0 bridgehead atoms. The monoisotopic (exact) mass is 288 g/mol. The van der Waals surface area contributed by atoms with Gasteiger partial charge in [0.2, 0.25) is 0 Å². The molecule has 114 valence electrons. The number of benzene rings is 1. The normalized spacial score (nSPS) is 15.7. The summed E-state index contributed by atoms with van der Waals surface area (Å²) in [6, 6.07) is 6.44. The average molecular weight is 288 g/mol. The van der Waals surface area contributed by atoms with E-state index in [4.69, 9.17) is 5.73 Å². The molecule has 0 saturated carbocycles. The zero-order valence-corrected chi connectivity index (χ0v) is 12.4. The molecule has 0 aliphatic carbocycles. The van der Waals surface area contributed by atoms with Crippen LogP contribution in [0.4, 0.5) is 13.2 Å². The summed E-state index contributed by atoms with van der Waals surface area (Å²) >= 11 is 0. The van der Waals surface area contributed by atoms with Crippen LogP contribution in [-0.2, 0) is 0 Å². The fraction of sp³-hybridized carbons (Fsp3) is 0.600. The molecule has 2 unspecified atom stereocenters. The Balaban J connectivity index is 3.11. The van der Waals surface area contributed by atoms with Crippen molar-refractivity contribution in [3.05, 3.63) is 35.4 Å². The van der Waals surface area contributed by atoms with Crippen molar-refractivity contribution in [1.82, 2.24) is 4.90 Å². The van der Waals surface area contributed by atoms with Crippen molar-refractivity contribution >= 4 is 0 Å². The Morgan fingerprint density at radius 3 is 1.95 bits per heavy atom. The smallest absolute Gasteiger partial charge is 0.326 e. The van der Waals surface area contributed by atoms with E-state index in [-0.39, 0.29) is 12.1 Å². The van der Waals surface area contributed by atoms with Crippen LogP contribution in [0.2, 0.25) is 0 Å². The number of hydrogen-bond donors (Lipinski definition) is 1. The maximum Gasteiger partial charge on any atom is 0.401 e. The first-order valence-corrected chi connectivity index (χ1v) is 6.76. The minimum atomic E-state index is -4.23. The van der Waals surface area contributed by atoms with Crippen molar-refractivity contribution in [3.8, 4) is 0 Å². The summed E-state index contributed by atoms with van der Waals surface area (Å²) in [5.41, 5.74) is 7.85. The fourth-order valence-electron chi connectivity index (χ4n) is 2.37. The quantitative estimate of drug-likeness (QED) is 0.896. The Morgan fingerprint density at radius 2 is 1.60 bits per heavy atom. The Kier molecular flexibility index (Phi) is 5.59. The van der Waals surface area contributed by atoms with E-state index in [0.29, 0.717) is 0 Å². The molecule has 0 heterocycles. The highest BCUT2D eigenvalue weighted by molar-refractivity contribution is 5.25. The van der Waals surface area contributed by atoms with E-state index in [1.54, 1.807) is 20.8 Å². The fourth-order valence-corrected chi connectivity index (χ4v) is 2.37. The third-order valence-electron chi connectivity index (χ3n) is 3.30. The van der Waals surface area contributed by atoms with Crippen LogP contribution in [0.3, 0.4) is 0 Å². The van der Waals surface area contributed by atoms with Crippen molar-refractivity contribution in [1.29, 1.82) is 0 Å². The maximum atomic E-state index is 12.8. The van der Waals surface area contributed by atoms with Crippen LogP contribution in [0.1, 0.15) is 37.9 Å². The molecule has 20 heavy (non-hydrogen) atoms. The van der Waals surface area contributed by atoms with E-state index in [2.05, 4.69) is 0 Å². The highest BCUT2D eigenvalue weighted by Crippen LogP contribution is 2.29. The van der Waals surface area contributed by atoms with Gasteiger partial charge in [-0.1, -0.05) is 29.8 Å². The van der Waals surface area contributed by atoms with E-state index < -0.39 is 18.8 Å². The van der Waals surface area contributed by atoms with Gasteiger partial charge in [0.25, 0.3) is 0 Å². The summed E-state index contributed by atoms with van der Waals surface area (Å²) in [6.07, 6.45) is -4.23. The summed E-state index contributed by atoms with van der Waals surface area (Å²) < 4.78 is 38.4. The number of alkyl halides is 3. The predicted octanol–water partition coefficient (Wildman–Crippen LogP) is 3.66. The Bertz CT molecular complexity index is 410. The first kappa shape index (κ1) is 17.0. The van der Waals surface area contributed by atoms with Gasteiger partial charge in [0.05, 0.1) is 12.6 Å². The maximum absolute atomic E-state index is 12.8. The molecule has 0 aliphatic heterocycles. The van der Waals surface area contributed by atoms with Gasteiger partial charge in [-0.2, -0.15) is 13.2 Å². The molecule has 5 heteroatoms. The second-order valence-corrected chi connectivity index (χ2v) is 5.60. The van der Waals surface area contributed by atoms with Gasteiger partial charge in [-0.05, 0) is 33.3 Å². The van der Waals surface area contributed by atoms with Crippen LogP contribution in [0.5, 0.6) is 0 Å². The van der Waals surface area contributed by atoms with Crippen LogP contribution < -0.4 is 5.73 Å². The molecule has 1 rings (SSSR count). The second-order valence-electron chi connectivity index (χ2n) is 5.60. The molecule has 0 aromatic heterocycles. The number of nitrogens with zero attached hydrogens (tertiary/aromatic N) is 1. The van der Waals surface area contributed by atoms with E-state index >= 15 is 0 Å². The van der Waals surface area contributed by atoms with E-state index in [1.807, 2.05) is 31.2 Å². The van der Waals surface area contributed by atoms with Crippen molar-refractivity contribution < 1.29 is 13.2 Å². The number of rotatable bonds is 5. The summed E-state index contributed by atoms with van der Waals surface area (Å²) in [5, 5.41) is 0. The summed E-state index contributed by atoms with van der Waals surface area (Å²) in [6.45, 7) is 6.26. The first-order valence-electron chi connectivity index (χ1n) is 6.76. The van der Waals surface area contributed by atoms with E-state index in [1.165, 1.54) is 4.90 Å². The van der Waals surface area contributed by atoms with Gasteiger partial charge >= 0.3 is 6.18 Å². The largest absolute Gasteiger partial charge is 0.401 e. The number of aryl methyl sites for hydroxylation is 1. The van der Waals surface area contributed by atoms with Crippen LogP contribution in [-0.4, -0.2) is 29.7 Å². The number of hydrogen-bond acceptors (Lipinski definition) is 2. The van der Waals surface area contributed by atoms with Gasteiger partial charge in [0.15, 0.2) is 0 Å². The number of nitrogens with two attached hydrogens (primary N) is 1. The molecule has 1 aromatic rings. The molecule has 0 radical (unpaired) electrons. The Labute approximate surface area is 118 Å². The third-order valence-corrected chi connectivity index (χ3v) is 3.30. The van der Waals surface area contributed by atoms with E-state index in [9.17, 15) is 13.2 Å². The summed E-state index contributed by atoms with van der Waals surface area (Å²) in [7, 11) is 0. The van der Waals surface area contributed by atoms with Crippen LogP contribution >= 0.6 is 0 Å². The van der Waals surface area contributed by atoms with Gasteiger partial charge in [0.1, 0.15) is 0 Å². The lowest BCUT2D eigenvalue weighted by molar-refractivity contribution is -0.156. The lowest BCUT2D eigenvalue weighted by Gasteiger charge is -2.38. The highest BCUT2D eigenvalue weighted by Gasteiger charge is 2.36. The molecular weight excluding hydrogens is 265 g/mol. The molecule has 0 amide bonds. The van der Waals surface area contributed by atoms with Gasteiger partial charge in [-0.3, -0.25) is 4.90 Å². The van der Waals surface area contributed by atoms with Crippen molar-refractivity contribution in [2.45, 2.75) is 52.0 Å². The molecule has 2 N–H and O–H groups in total. The molecule has 2 nitrogen and oxygen atoms in total. The average Bonchev–Trinajstić information content (AvgIpc) is 2.28. The van der Waals surface area contributed by atoms with Gasteiger partial charge < -0.3 is 5.73 Å². The Hall–Kier alpha value is -1.07. The van der Waals surface area contributed by atoms with Crippen LogP contribution in [0.25, 0.3) is 0 Å². The van der Waals surface area contributed by atoms with Crippen molar-refractivity contribution in [3.63, 3.8) is 0 Å². The Morgan fingerprint density at radius 1 is 1.10 bits per heavy atom. The molecular formula is C15H23F3N2. The van der Waals surface area contributed by atoms with Crippen LogP contribution in [0, 0.1) is 6.92 Å². The topological polar surface area (TPSA) is 29.3 Å². The van der Waals surface area contributed by atoms with Gasteiger partial charge in [0, 0.05) is 12.1 Å². The van der Waals surface area contributed by atoms with E-state index in [0.717, 1.165) is 11.1 Å². The first-order chi connectivity index (χ1) is 9.11. The number of halogens is 3. The van der Waals surface area contributed by atoms with Crippen molar-refractivity contribution in [2.75, 3.05) is 6.54 Å². The zero-order chi connectivity index (χ0) is 15.5. The molecule has 0 spiro atoms. The predicted molar refractivity (Wildman–Crippen MR) is 75.5 cm³/mol. The lowest BCUT2D eigenvalue weighted by Crippen LogP contribution is -2.47. The van der Waals surface area contributed by atoms with Gasteiger partial charge in [-0.15, -0.1) is 0 Å². The van der Waals surface area contributed by atoms with Gasteiger partial charge in [-0.25, -0.2) is 0 Å².